The van der Waals surface area contributed by atoms with Crippen LogP contribution in [-0.4, -0.2) is 6.04 Å². The highest BCUT2D eigenvalue weighted by Crippen LogP contribution is 2.29. The largest absolute Gasteiger partial charge is 0.372 e. The van der Waals surface area contributed by atoms with Crippen molar-refractivity contribution in [2.45, 2.75) is 39.6 Å². The summed E-state index contributed by atoms with van der Waals surface area (Å²) >= 11 is 0. The molecule has 0 spiro atoms. The second-order valence-electron chi connectivity index (χ2n) is 5.67. The monoisotopic (exact) mass is 267 g/mol. The summed E-state index contributed by atoms with van der Waals surface area (Å²) in [6, 6.07) is 15.8. The molecule has 0 atom stereocenters. The van der Waals surface area contributed by atoms with Crippen LogP contribution >= 0.6 is 0 Å². The van der Waals surface area contributed by atoms with E-state index in [1.807, 2.05) is 0 Å². The van der Waals surface area contributed by atoms with Crippen molar-refractivity contribution < 1.29 is 4.74 Å². The highest BCUT2D eigenvalue weighted by atomic mass is 16.5. The second-order valence-corrected chi connectivity index (χ2v) is 5.67. The Bertz CT molecular complexity index is 604. The molecule has 0 aromatic heterocycles. The van der Waals surface area contributed by atoms with Gasteiger partial charge in [-0.1, -0.05) is 50.2 Å². The Hall–Kier alpha value is -1.64. The maximum atomic E-state index is 5.50. The number of hydrogen-bond donors (Lipinski definition) is 1. The molecule has 0 unspecified atom stereocenters. The highest BCUT2D eigenvalue weighted by Gasteiger charge is 2.13. The average Bonchev–Trinajstić information content (AvgIpc) is 2.92. The van der Waals surface area contributed by atoms with Crippen LogP contribution in [0.3, 0.4) is 0 Å². The molecular weight excluding hydrogens is 246 g/mol. The summed E-state index contributed by atoms with van der Waals surface area (Å²) in [6.45, 7) is 6.76. The summed E-state index contributed by atoms with van der Waals surface area (Å²) in [5, 5.41) is 3.50. The van der Waals surface area contributed by atoms with Crippen molar-refractivity contribution in [3.8, 4) is 11.1 Å². The van der Waals surface area contributed by atoms with Gasteiger partial charge in [0.15, 0.2) is 0 Å². The molecule has 1 heterocycles. The van der Waals surface area contributed by atoms with E-state index in [9.17, 15) is 0 Å². The minimum Gasteiger partial charge on any atom is -0.372 e. The minimum absolute atomic E-state index is 0.497. The maximum absolute atomic E-state index is 5.50. The summed E-state index contributed by atoms with van der Waals surface area (Å²) in [6.07, 6.45) is 0. The van der Waals surface area contributed by atoms with Crippen LogP contribution in [0.2, 0.25) is 0 Å². The Morgan fingerprint density at radius 2 is 1.85 bits per heavy atom. The third-order valence-corrected chi connectivity index (χ3v) is 3.75. The Balaban J connectivity index is 1.93. The molecule has 0 bridgehead atoms. The fraction of sp³-hybridized carbons (Fsp3) is 0.333. The van der Waals surface area contributed by atoms with Gasteiger partial charge in [0, 0.05) is 12.6 Å². The molecular formula is C18H21NO. The van der Waals surface area contributed by atoms with Crippen LogP contribution in [0.5, 0.6) is 0 Å². The average molecular weight is 267 g/mol. The fourth-order valence-corrected chi connectivity index (χ4v) is 2.61. The molecule has 1 N–H and O–H groups in total. The summed E-state index contributed by atoms with van der Waals surface area (Å²) in [4.78, 5) is 0. The molecule has 1 aliphatic rings. The Labute approximate surface area is 120 Å². The first-order valence-electron chi connectivity index (χ1n) is 7.25. The van der Waals surface area contributed by atoms with Crippen LogP contribution in [0.4, 0.5) is 0 Å². The first-order valence-corrected chi connectivity index (χ1v) is 7.25. The van der Waals surface area contributed by atoms with E-state index in [1.54, 1.807) is 0 Å². The summed E-state index contributed by atoms with van der Waals surface area (Å²) in [5.41, 5.74) is 6.60. The topological polar surface area (TPSA) is 21.3 Å². The van der Waals surface area contributed by atoms with Gasteiger partial charge in [0.1, 0.15) is 0 Å². The van der Waals surface area contributed by atoms with E-state index < -0.39 is 0 Å². The van der Waals surface area contributed by atoms with Gasteiger partial charge in [0.2, 0.25) is 0 Å². The van der Waals surface area contributed by atoms with E-state index in [0.29, 0.717) is 6.04 Å². The van der Waals surface area contributed by atoms with Gasteiger partial charge in [-0.25, -0.2) is 0 Å². The van der Waals surface area contributed by atoms with Crippen molar-refractivity contribution in [2.75, 3.05) is 0 Å². The first-order chi connectivity index (χ1) is 9.74. The van der Waals surface area contributed by atoms with Crippen molar-refractivity contribution in [1.29, 1.82) is 0 Å². The van der Waals surface area contributed by atoms with Crippen LogP contribution < -0.4 is 5.32 Å². The van der Waals surface area contributed by atoms with Crippen LogP contribution in [0, 0.1) is 0 Å². The molecule has 2 aromatic carbocycles. The first kappa shape index (κ1) is 13.3. The number of ether oxygens (including phenoxy) is 1. The maximum Gasteiger partial charge on any atom is 0.0725 e. The molecule has 3 rings (SSSR count). The molecule has 2 nitrogen and oxygen atoms in total. The molecule has 0 saturated carbocycles. The summed E-state index contributed by atoms with van der Waals surface area (Å²) in [5.74, 6) is 0. The Morgan fingerprint density at radius 1 is 1.05 bits per heavy atom. The smallest absolute Gasteiger partial charge is 0.0725 e. The van der Waals surface area contributed by atoms with Crippen LogP contribution in [0.25, 0.3) is 11.1 Å². The minimum atomic E-state index is 0.497. The predicted molar refractivity (Wildman–Crippen MR) is 82.3 cm³/mol. The number of fused-ring (bicyclic) bond motifs is 1. The quantitative estimate of drug-likeness (QED) is 0.907. The fourth-order valence-electron chi connectivity index (χ4n) is 2.61. The zero-order chi connectivity index (χ0) is 13.9. The van der Waals surface area contributed by atoms with Gasteiger partial charge in [0.05, 0.1) is 13.2 Å². The van der Waals surface area contributed by atoms with Crippen LogP contribution in [-0.2, 0) is 24.5 Å². The molecule has 0 aliphatic carbocycles. The standard InChI is InChI=1S/C18H21NO/c1-13(2)19-10-15-5-3-4-6-18(15)14-7-8-16-11-20-12-17(16)9-14/h3-9,13,19H,10-12H2,1-2H3. The van der Waals surface area contributed by atoms with Gasteiger partial charge in [-0.3, -0.25) is 0 Å². The van der Waals surface area contributed by atoms with Crippen molar-refractivity contribution in [1.82, 2.24) is 5.32 Å². The molecule has 1 aliphatic heterocycles. The number of nitrogens with one attached hydrogen (secondary N) is 1. The number of rotatable bonds is 4. The lowest BCUT2D eigenvalue weighted by Gasteiger charge is -2.13. The second kappa shape index (κ2) is 5.78. The molecule has 104 valence electrons. The van der Waals surface area contributed by atoms with E-state index in [-0.39, 0.29) is 0 Å². The molecule has 0 radical (unpaired) electrons. The Kier molecular flexibility index (Phi) is 3.86. The van der Waals surface area contributed by atoms with Gasteiger partial charge >= 0.3 is 0 Å². The van der Waals surface area contributed by atoms with Crippen molar-refractivity contribution in [2.24, 2.45) is 0 Å². The van der Waals surface area contributed by atoms with E-state index in [0.717, 1.165) is 19.8 Å². The van der Waals surface area contributed by atoms with Gasteiger partial charge in [0.25, 0.3) is 0 Å². The third kappa shape index (κ3) is 2.77. The summed E-state index contributed by atoms with van der Waals surface area (Å²) in [7, 11) is 0. The normalized spacial score (nSPS) is 13.8. The van der Waals surface area contributed by atoms with Gasteiger partial charge in [-0.15, -0.1) is 0 Å². The molecule has 2 aromatic rings. The Morgan fingerprint density at radius 3 is 2.70 bits per heavy atom. The lowest BCUT2D eigenvalue weighted by molar-refractivity contribution is 0.134. The summed E-state index contributed by atoms with van der Waals surface area (Å²) < 4.78 is 5.50. The predicted octanol–water partition coefficient (Wildman–Crippen LogP) is 3.88. The van der Waals surface area contributed by atoms with Gasteiger partial charge < -0.3 is 10.1 Å². The van der Waals surface area contributed by atoms with Crippen molar-refractivity contribution in [3.05, 3.63) is 59.2 Å². The van der Waals surface area contributed by atoms with Gasteiger partial charge in [-0.05, 0) is 33.9 Å². The zero-order valence-electron chi connectivity index (χ0n) is 12.1. The molecule has 0 saturated heterocycles. The van der Waals surface area contributed by atoms with Crippen molar-refractivity contribution in [3.63, 3.8) is 0 Å². The third-order valence-electron chi connectivity index (χ3n) is 3.75. The van der Waals surface area contributed by atoms with E-state index in [2.05, 4.69) is 61.6 Å². The number of benzene rings is 2. The van der Waals surface area contributed by atoms with E-state index >= 15 is 0 Å². The molecule has 0 fully saturated rings. The molecule has 20 heavy (non-hydrogen) atoms. The van der Waals surface area contributed by atoms with E-state index in [4.69, 9.17) is 4.74 Å². The van der Waals surface area contributed by atoms with Gasteiger partial charge in [-0.2, -0.15) is 0 Å². The molecule has 2 heteroatoms. The highest BCUT2D eigenvalue weighted by molar-refractivity contribution is 5.68. The van der Waals surface area contributed by atoms with E-state index in [1.165, 1.54) is 27.8 Å². The van der Waals surface area contributed by atoms with Crippen molar-refractivity contribution >= 4 is 0 Å². The van der Waals surface area contributed by atoms with Crippen LogP contribution in [0.1, 0.15) is 30.5 Å². The lowest BCUT2D eigenvalue weighted by Crippen LogP contribution is -2.22. The SMILES string of the molecule is CC(C)NCc1ccccc1-c1ccc2c(c1)COC2. The molecule has 0 amide bonds. The lowest BCUT2D eigenvalue weighted by atomic mass is 9.96. The zero-order valence-corrected chi connectivity index (χ0v) is 12.1. The number of hydrogen-bond acceptors (Lipinski definition) is 2. The van der Waals surface area contributed by atoms with Crippen LogP contribution in [0.15, 0.2) is 42.5 Å².